The number of phenolic OH excluding ortho intramolecular Hbond substituents is 1. The van der Waals surface area contributed by atoms with Crippen LogP contribution < -0.4 is 10.5 Å². The number of nitrogens with one attached hydrogen (secondary N) is 2. The summed E-state index contributed by atoms with van der Waals surface area (Å²) in [6, 6.07) is 9.01. The van der Waals surface area contributed by atoms with Gasteiger partial charge in [0.05, 0.1) is 6.42 Å². The molecule has 2 heterocycles. The normalized spacial score (nSPS) is 12.3. The van der Waals surface area contributed by atoms with Gasteiger partial charge in [-0.3, -0.25) is 9.59 Å². The molecule has 2 aromatic heterocycles. The van der Waals surface area contributed by atoms with Crippen LogP contribution in [0.25, 0.3) is 21.8 Å². The third kappa shape index (κ3) is 3.78. The topological polar surface area (TPSA) is 141 Å². The number of aromatic nitrogens is 2. The number of esters is 1. The number of hydrogen-bond donors (Lipinski definition) is 5. The Kier molecular flexibility index (Phi) is 4.69. The molecule has 0 aliphatic rings. The summed E-state index contributed by atoms with van der Waals surface area (Å²) in [4.78, 5) is 29.6. The third-order valence-corrected chi connectivity index (χ3v) is 4.81. The second-order valence-corrected chi connectivity index (χ2v) is 6.86. The van der Waals surface area contributed by atoms with Gasteiger partial charge in [0.2, 0.25) is 0 Å². The van der Waals surface area contributed by atoms with E-state index in [2.05, 4.69) is 9.97 Å². The highest BCUT2D eigenvalue weighted by Crippen LogP contribution is 2.26. The van der Waals surface area contributed by atoms with E-state index < -0.39 is 18.0 Å². The van der Waals surface area contributed by atoms with Crippen molar-refractivity contribution in [3.8, 4) is 11.5 Å². The summed E-state index contributed by atoms with van der Waals surface area (Å²) in [6.07, 6.45) is 3.61. The van der Waals surface area contributed by atoms with Crippen molar-refractivity contribution in [3.63, 3.8) is 0 Å². The van der Waals surface area contributed by atoms with Crippen molar-refractivity contribution in [2.75, 3.05) is 0 Å². The van der Waals surface area contributed by atoms with Gasteiger partial charge in [-0.1, -0.05) is 0 Å². The zero-order valence-electron chi connectivity index (χ0n) is 15.3. The van der Waals surface area contributed by atoms with Crippen molar-refractivity contribution in [2.45, 2.75) is 18.9 Å². The molecule has 0 aliphatic heterocycles. The fourth-order valence-electron chi connectivity index (χ4n) is 3.35. The number of hydrogen-bond acceptors (Lipinski definition) is 5. The molecule has 0 aliphatic carbocycles. The molecule has 0 fully saturated rings. The maximum Gasteiger partial charge on any atom is 0.320 e. The lowest BCUT2D eigenvalue weighted by molar-refractivity contribution is -0.138. The summed E-state index contributed by atoms with van der Waals surface area (Å²) in [6.45, 7) is 0. The lowest BCUT2D eigenvalue weighted by atomic mass is 10.1. The average molecular weight is 393 g/mol. The molecule has 0 bridgehead atoms. The smallest absolute Gasteiger partial charge is 0.320 e. The van der Waals surface area contributed by atoms with Gasteiger partial charge >= 0.3 is 11.9 Å². The summed E-state index contributed by atoms with van der Waals surface area (Å²) in [5, 5.41) is 20.2. The molecule has 0 spiro atoms. The van der Waals surface area contributed by atoms with Gasteiger partial charge in [0.15, 0.2) is 0 Å². The molecule has 0 unspecified atom stereocenters. The van der Waals surface area contributed by atoms with E-state index in [1.807, 2.05) is 0 Å². The number of phenols is 1. The minimum absolute atomic E-state index is 0.0331. The highest BCUT2D eigenvalue weighted by atomic mass is 16.5. The predicted molar refractivity (Wildman–Crippen MR) is 107 cm³/mol. The van der Waals surface area contributed by atoms with Gasteiger partial charge in [0.25, 0.3) is 0 Å². The van der Waals surface area contributed by atoms with E-state index in [4.69, 9.17) is 15.6 Å². The van der Waals surface area contributed by atoms with Crippen LogP contribution in [0, 0.1) is 0 Å². The summed E-state index contributed by atoms with van der Waals surface area (Å²) < 4.78 is 5.47. The van der Waals surface area contributed by atoms with Crippen molar-refractivity contribution in [3.05, 3.63) is 59.9 Å². The average Bonchev–Trinajstić information content (AvgIpc) is 3.25. The number of carbonyl (C=O) groups is 2. The van der Waals surface area contributed by atoms with E-state index >= 15 is 0 Å². The Morgan fingerprint density at radius 1 is 1.00 bits per heavy atom. The SMILES string of the molecule is N[C@@H](Cc1c[nH]c2ccc(OC(=O)Cc3c[nH]c4ccc(O)cc34)cc12)C(=O)O. The molecular weight excluding hydrogens is 374 g/mol. The van der Waals surface area contributed by atoms with Gasteiger partial charge in [0.1, 0.15) is 17.5 Å². The van der Waals surface area contributed by atoms with Crippen molar-refractivity contribution < 1.29 is 24.5 Å². The van der Waals surface area contributed by atoms with E-state index in [9.17, 15) is 14.7 Å². The minimum atomic E-state index is -1.08. The van der Waals surface area contributed by atoms with E-state index in [1.165, 1.54) is 0 Å². The minimum Gasteiger partial charge on any atom is -0.508 e. The summed E-state index contributed by atoms with van der Waals surface area (Å²) in [5.41, 5.74) is 8.70. The molecule has 4 rings (SSSR count). The van der Waals surface area contributed by atoms with Gasteiger partial charge in [-0.25, -0.2) is 0 Å². The molecule has 0 radical (unpaired) electrons. The maximum atomic E-state index is 12.4. The molecule has 1 atom stereocenters. The second-order valence-electron chi connectivity index (χ2n) is 6.86. The Hall–Kier alpha value is -3.78. The van der Waals surface area contributed by atoms with Crippen LogP contribution in [0.3, 0.4) is 0 Å². The standard InChI is InChI=1S/C21H19N3O5/c22-17(21(27)28)5-11-9-23-19-4-2-14(8-16(11)19)29-20(26)6-12-10-24-18-3-1-13(25)7-15(12)18/h1-4,7-10,17,23-25H,5-6,22H2,(H,27,28)/t17-/m0/s1. The van der Waals surface area contributed by atoms with Crippen molar-refractivity contribution in [1.29, 1.82) is 0 Å². The van der Waals surface area contributed by atoms with Crippen molar-refractivity contribution in [2.24, 2.45) is 5.73 Å². The van der Waals surface area contributed by atoms with E-state index in [-0.39, 0.29) is 18.6 Å². The number of carboxylic acid groups (broad SMARTS) is 1. The summed E-state index contributed by atoms with van der Waals surface area (Å²) in [7, 11) is 0. The number of carbonyl (C=O) groups excluding carboxylic acids is 1. The molecule has 8 heteroatoms. The van der Waals surface area contributed by atoms with Crippen molar-refractivity contribution in [1.82, 2.24) is 9.97 Å². The van der Waals surface area contributed by atoms with Gasteiger partial charge in [-0.2, -0.15) is 0 Å². The highest BCUT2D eigenvalue weighted by molar-refractivity contribution is 5.90. The van der Waals surface area contributed by atoms with Crippen molar-refractivity contribution >= 4 is 33.7 Å². The second kappa shape index (κ2) is 7.33. The zero-order valence-corrected chi connectivity index (χ0v) is 15.3. The Balaban J connectivity index is 1.53. The van der Waals surface area contributed by atoms with Crippen LogP contribution in [-0.2, 0) is 22.4 Å². The molecule has 2 aromatic carbocycles. The first kappa shape index (κ1) is 18.6. The maximum absolute atomic E-state index is 12.4. The molecule has 0 saturated heterocycles. The number of fused-ring (bicyclic) bond motifs is 2. The van der Waals surface area contributed by atoms with E-state index in [0.717, 1.165) is 32.9 Å². The van der Waals surface area contributed by atoms with Gasteiger partial charge in [0, 0.05) is 40.6 Å². The van der Waals surface area contributed by atoms with Crippen LogP contribution in [0.4, 0.5) is 0 Å². The highest BCUT2D eigenvalue weighted by Gasteiger charge is 2.16. The van der Waals surface area contributed by atoms with Crippen LogP contribution in [0.2, 0.25) is 0 Å². The van der Waals surface area contributed by atoms with Crippen LogP contribution in [-0.4, -0.2) is 38.2 Å². The number of benzene rings is 2. The van der Waals surface area contributed by atoms with E-state index in [0.29, 0.717) is 5.75 Å². The number of rotatable bonds is 6. The molecular formula is C21H19N3O5. The fourth-order valence-corrected chi connectivity index (χ4v) is 3.35. The number of aliphatic carboxylic acids is 1. The number of aromatic amines is 2. The lowest BCUT2D eigenvalue weighted by Gasteiger charge is -2.07. The van der Waals surface area contributed by atoms with E-state index in [1.54, 1.807) is 48.8 Å². The summed E-state index contributed by atoms with van der Waals surface area (Å²) >= 11 is 0. The van der Waals surface area contributed by atoms with Crippen LogP contribution >= 0.6 is 0 Å². The molecule has 4 aromatic rings. The zero-order chi connectivity index (χ0) is 20.5. The first-order valence-electron chi connectivity index (χ1n) is 8.99. The molecule has 0 amide bonds. The van der Waals surface area contributed by atoms with Gasteiger partial charge in [-0.15, -0.1) is 0 Å². The monoisotopic (exact) mass is 393 g/mol. The van der Waals surface area contributed by atoms with Crippen LogP contribution in [0.1, 0.15) is 11.1 Å². The summed E-state index contributed by atoms with van der Waals surface area (Å²) in [5.74, 6) is -1.05. The van der Waals surface area contributed by atoms with Gasteiger partial charge in [-0.05, 0) is 47.5 Å². The number of carboxylic acids is 1. The van der Waals surface area contributed by atoms with Crippen LogP contribution in [0.5, 0.6) is 11.5 Å². The third-order valence-electron chi connectivity index (χ3n) is 4.81. The predicted octanol–water partition coefficient (Wildman–Crippen LogP) is 2.46. The Labute approximate surface area is 164 Å². The number of nitrogens with two attached hydrogens (primary N) is 1. The lowest BCUT2D eigenvalue weighted by Crippen LogP contribution is -2.32. The number of aromatic hydroxyl groups is 1. The molecule has 148 valence electrons. The molecule has 29 heavy (non-hydrogen) atoms. The Morgan fingerprint density at radius 2 is 1.66 bits per heavy atom. The largest absolute Gasteiger partial charge is 0.508 e. The molecule has 8 nitrogen and oxygen atoms in total. The molecule has 0 saturated carbocycles. The first-order valence-corrected chi connectivity index (χ1v) is 8.99. The Bertz CT molecular complexity index is 1220. The first-order chi connectivity index (χ1) is 13.9. The number of ether oxygens (including phenoxy) is 1. The quantitative estimate of drug-likeness (QED) is 0.252. The van der Waals surface area contributed by atoms with Gasteiger partial charge < -0.3 is 30.7 Å². The fraction of sp³-hybridized carbons (Fsp3) is 0.143. The molecule has 6 N–H and O–H groups in total. The number of H-pyrrole nitrogens is 2. The Morgan fingerprint density at radius 3 is 2.38 bits per heavy atom. The van der Waals surface area contributed by atoms with Crippen LogP contribution in [0.15, 0.2) is 48.8 Å².